The standard InChI is InChI=1S/C10H17F3N2O/c11-10(12,13)9(16)6-15-4-7-2-1-3-14-8(7)5-15/h7-9,14,16H,1-6H2/t7-,8+,9?/m0/s1. The first-order valence-corrected chi connectivity index (χ1v) is 5.67. The van der Waals surface area contributed by atoms with Crippen LogP contribution in [0.3, 0.4) is 0 Å². The monoisotopic (exact) mass is 238 g/mol. The molecule has 16 heavy (non-hydrogen) atoms. The Kier molecular flexibility index (Phi) is 3.42. The fraction of sp³-hybridized carbons (Fsp3) is 1.00. The molecule has 0 bridgehead atoms. The molecule has 2 rings (SSSR count). The topological polar surface area (TPSA) is 35.5 Å². The van der Waals surface area contributed by atoms with Gasteiger partial charge in [-0.3, -0.25) is 4.90 Å². The van der Waals surface area contributed by atoms with Crippen molar-refractivity contribution in [3.63, 3.8) is 0 Å². The third-order valence-electron chi connectivity index (χ3n) is 3.48. The molecule has 2 heterocycles. The minimum atomic E-state index is -4.50. The van der Waals surface area contributed by atoms with Crippen molar-refractivity contribution in [2.24, 2.45) is 5.92 Å². The molecule has 2 N–H and O–H groups in total. The summed E-state index contributed by atoms with van der Waals surface area (Å²) in [6.45, 7) is 1.96. The van der Waals surface area contributed by atoms with Gasteiger partial charge in [-0.25, -0.2) is 0 Å². The zero-order valence-corrected chi connectivity index (χ0v) is 9.00. The molecule has 0 aliphatic carbocycles. The number of aliphatic hydroxyl groups is 1. The summed E-state index contributed by atoms with van der Waals surface area (Å²) >= 11 is 0. The van der Waals surface area contributed by atoms with Gasteiger partial charge in [0.1, 0.15) is 0 Å². The summed E-state index contributed by atoms with van der Waals surface area (Å²) in [6, 6.07) is 0.314. The molecular weight excluding hydrogens is 221 g/mol. The van der Waals surface area contributed by atoms with Crippen LogP contribution in [0, 0.1) is 5.92 Å². The summed E-state index contributed by atoms with van der Waals surface area (Å²) in [5.41, 5.74) is 0. The third-order valence-corrected chi connectivity index (χ3v) is 3.48. The number of halogens is 3. The number of nitrogens with one attached hydrogen (secondary N) is 1. The highest BCUT2D eigenvalue weighted by molar-refractivity contribution is 4.92. The second kappa shape index (κ2) is 4.50. The predicted molar refractivity (Wildman–Crippen MR) is 53.0 cm³/mol. The first-order valence-electron chi connectivity index (χ1n) is 5.67. The molecule has 0 aromatic carbocycles. The number of aliphatic hydroxyl groups excluding tert-OH is 1. The molecule has 0 aromatic heterocycles. The largest absolute Gasteiger partial charge is 0.415 e. The zero-order chi connectivity index (χ0) is 11.8. The van der Waals surface area contributed by atoms with Crippen LogP contribution in [0.15, 0.2) is 0 Å². The number of nitrogens with zero attached hydrogens (tertiary/aromatic N) is 1. The number of β-amino-alcohol motifs (C(OH)–C–C–N with tert-alkyl or cyclic N) is 1. The van der Waals surface area contributed by atoms with E-state index in [0.717, 1.165) is 19.4 Å². The lowest BCUT2D eigenvalue weighted by molar-refractivity contribution is -0.207. The van der Waals surface area contributed by atoms with E-state index < -0.39 is 12.3 Å². The van der Waals surface area contributed by atoms with E-state index in [0.29, 0.717) is 25.0 Å². The summed E-state index contributed by atoms with van der Waals surface area (Å²) in [5, 5.41) is 12.3. The first kappa shape index (κ1) is 12.1. The Hall–Kier alpha value is -0.330. The molecule has 0 spiro atoms. The second-order valence-corrected chi connectivity index (χ2v) is 4.74. The van der Waals surface area contributed by atoms with Crippen LogP contribution < -0.4 is 5.32 Å². The molecule has 0 saturated carbocycles. The maximum atomic E-state index is 12.2. The van der Waals surface area contributed by atoms with Crippen LogP contribution in [0.25, 0.3) is 0 Å². The number of alkyl halides is 3. The Morgan fingerprint density at radius 1 is 1.38 bits per heavy atom. The maximum Gasteiger partial charge on any atom is 0.415 e. The fourth-order valence-corrected chi connectivity index (χ4v) is 2.63. The van der Waals surface area contributed by atoms with E-state index in [-0.39, 0.29) is 6.54 Å². The van der Waals surface area contributed by atoms with E-state index in [1.807, 2.05) is 0 Å². The van der Waals surface area contributed by atoms with Gasteiger partial charge in [-0.05, 0) is 25.3 Å². The van der Waals surface area contributed by atoms with Gasteiger partial charge < -0.3 is 10.4 Å². The van der Waals surface area contributed by atoms with Crippen molar-refractivity contribution in [1.29, 1.82) is 0 Å². The van der Waals surface area contributed by atoms with Crippen molar-refractivity contribution in [3.05, 3.63) is 0 Å². The van der Waals surface area contributed by atoms with Crippen LogP contribution >= 0.6 is 0 Å². The molecule has 1 unspecified atom stereocenters. The molecule has 6 heteroatoms. The minimum absolute atomic E-state index is 0.293. The normalized spacial score (nSPS) is 33.8. The van der Waals surface area contributed by atoms with Gasteiger partial charge in [0, 0.05) is 25.7 Å². The molecule has 94 valence electrons. The average molecular weight is 238 g/mol. The van der Waals surface area contributed by atoms with Crippen LogP contribution in [0.4, 0.5) is 13.2 Å². The Morgan fingerprint density at radius 3 is 2.75 bits per heavy atom. The molecule has 2 aliphatic rings. The quantitative estimate of drug-likeness (QED) is 0.739. The number of likely N-dealkylation sites (tertiary alicyclic amines) is 1. The van der Waals surface area contributed by atoms with Crippen LogP contribution in [0.2, 0.25) is 0 Å². The molecular formula is C10H17F3N2O. The van der Waals surface area contributed by atoms with Crippen LogP contribution in [0.5, 0.6) is 0 Å². The van der Waals surface area contributed by atoms with Gasteiger partial charge in [-0.1, -0.05) is 0 Å². The number of fused-ring (bicyclic) bond motifs is 1. The zero-order valence-electron chi connectivity index (χ0n) is 9.00. The van der Waals surface area contributed by atoms with E-state index in [1.165, 1.54) is 0 Å². The van der Waals surface area contributed by atoms with Gasteiger partial charge >= 0.3 is 6.18 Å². The maximum absolute atomic E-state index is 12.2. The number of piperidine rings is 1. The number of hydrogen-bond acceptors (Lipinski definition) is 3. The molecule has 0 amide bonds. The van der Waals surface area contributed by atoms with Crippen molar-refractivity contribution in [2.75, 3.05) is 26.2 Å². The van der Waals surface area contributed by atoms with Crippen LogP contribution in [-0.2, 0) is 0 Å². The molecule has 3 atom stereocenters. The molecule has 2 fully saturated rings. The molecule has 2 saturated heterocycles. The van der Waals surface area contributed by atoms with Crippen LogP contribution in [0.1, 0.15) is 12.8 Å². The summed E-state index contributed by atoms with van der Waals surface area (Å²) in [4.78, 5) is 1.71. The van der Waals surface area contributed by atoms with Crippen molar-refractivity contribution in [3.8, 4) is 0 Å². The smallest absolute Gasteiger partial charge is 0.382 e. The third kappa shape index (κ3) is 2.67. The average Bonchev–Trinajstić information content (AvgIpc) is 2.58. The summed E-state index contributed by atoms with van der Waals surface area (Å²) in [6.07, 6.45) is -4.54. The van der Waals surface area contributed by atoms with Gasteiger partial charge in [-0.2, -0.15) is 13.2 Å². The lowest BCUT2D eigenvalue weighted by Crippen LogP contribution is -2.42. The number of rotatable bonds is 2. The lowest BCUT2D eigenvalue weighted by Gasteiger charge is -2.24. The van der Waals surface area contributed by atoms with Gasteiger partial charge in [0.25, 0.3) is 0 Å². The van der Waals surface area contributed by atoms with Gasteiger partial charge in [-0.15, -0.1) is 0 Å². The Morgan fingerprint density at radius 2 is 2.12 bits per heavy atom. The van der Waals surface area contributed by atoms with Gasteiger partial charge in [0.15, 0.2) is 6.10 Å². The van der Waals surface area contributed by atoms with Crippen LogP contribution in [-0.4, -0.2) is 54.5 Å². The highest BCUT2D eigenvalue weighted by atomic mass is 19.4. The van der Waals surface area contributed by atoms with E-state index >= 15 is 0 Å². The highest BCUT2D eigenvalue weighted by Crippen LogP contribution is 2.27. The summed E-state index contributed by atoms with van der Waals surface area (Å²) in [5.74, 6) is 0.453. The van der Waals surface area contributed by atoms with E-state index in [2.05, 4.69) is 5.32 Å². The molecule has 0 aromatic rings. The van der Waals surface area contributed by atoms with Gasteiger partial charge in [0.2, 0.25) is 0 Å². The minimum Gasteiger partial charge on any atom is -0.382 e. The van der Waals surface area contributed by atoms with Crippen molar-refractivity contribution in [1.82, 2.24) is 10.2 Å². The SMILES string of the molecule is OC(CN1C[C@@H]2CCCN[C@@H]2C1)C(F)(F)F. The van der Waals surface area contributed by atoms with Crippen molar-refractivity contribution < 1.29 is 18.3 Å². The Balaban J connectivity index is 1.84. The van der Waals surface area contributed by atoms with E-state index in [4.69, 9.17) is 5.11 Å². The second-order valence-electron chi connectivity index (χ2n) is 4.74. The summed E-state index contributed by atoms with van der Waals surface area (Å²) < 4.78 is 36.5. The van der Waals surface area contributed by atoms with Crippen molar-refractivity contribution in [2.45, 2.75) is 31.2 Å². The van der Waals surface area contributed by atoms with Gasteiger partial charge in [0.05, 0.1) is 0 Å². The van der Waals surface area contributed by atoms with E-state index in [1.54, 1.807) is 4.90 Å². The first-order chi connectivity index (χ1) is 7.47. The highest BCUT2D eigenvalue weighted by Gasteiger charge is 2.42. The molecule has 0 radical (unpaired) electrons. The predicted octanol–water partition coefficient (Wildman–Crippen LogP) is 0.593. The van der Waals surface area contributed by atoms with Crippen molar-refractivity contribution >= 4 is 0 Å². The Bertz CT molecular complexity index is 233. The molecule has 2 aliphatic heterocycles. The summed E-state index contributed by atoms with van der Waals surface area (Å²) in [7, 11) is 0. The number of hydrogen-bond donors (Lipinski definition) is 2. The Labute approximate surface area is 92.6 Å². The van der Waals surface area contributed by atoms with E-state index in [9.17, 15) is 13.2 Å². The molecule has 3 nitrogen and oxygen atoms in total. The fourth-order valence-electron chi connectivity index (χ4n) is 2.63. The lowest BCUT2D eigenvalue weighted by atomic mass is 9.94.